The number of carbonyl (C=O) groups excluding carboxylic acids is 2. The quantitative estimate of drug-likeness (QED) is 0.0323. The minimum Gasteiger partial charge on any atom is -0.462 e. The van der Waals surface area contributed by atoms with E-state index < -0.39 is 18.2 Å². The summed E-state index contributed by atoms with van der Waals surface area (Å²) in [5.74, 6) is -0.474. The molecule has 0 rings (SSSR count). The van der Waals surface area contributed by atoms with E-state index in [0.717, 1.165) is 57.8 Å². The van der Waals surface area contributed by atoms with E-state index in [1.807, 2.05) is 0 Å². The normalized spacial score (nSPS) is 13.4. The molecule has 1 amide bonds. The number of hydrogen-bond acceptors (Lipinski definition) is 5. The Morgan fingerprint density at radius 1 is 0.500 bits per heavy atom. The van der Waals surface area contributed by atoms with Gasteiger partial charge in [0.25, 0.3) is 0 Å². The summed E-state index contributed by atoms with van der Waals surface area (Å²) in [6.45, 7) is 6.45. The number of aliphatic hydroxyl groups is 2. The Bertz CT molecular complexity index is 919. The first-order valence-electron chi connectivity index (χ1n) is 25.6. The third kappa shape index (κ3) is 41.1. The molecule has 6 nitrogen and oxygen atoms in total. The lowest BCUT2D eigenvalue weighted by molar-refractivity contribution is -0.151. The maximum atomic E-state index is 13.1. The fourth-order valence-corrected chi connectivity index (χ4v) is 7.87. The highest BCUT2D eigenvalue weighted by molar-refractivity contribution is 5.77. The van der Waals surface area contributed by atoms with Crippen LogP contribution in [0.5, 0.6) is 0 Å². The number of aliphatic hydroxyl groups excluding tert-OH is 2. The summed E-state index contributed by atoms with van der Waals surface area (Å²) < 4.78 is 5.91. The molecule has 0 bridgehead atoms. The van der Waals surface area contributed by atoms with Gasteiger partial charge >= 0.3 is 5.97 Å². The van der Waals surface area contributed by atoms with Crippen LogP contribution in [0.1, 0.15) is 271 Å². The van der Waals surface area contributed by atoms with E-state index in [1.54, 1.807) is 0 Å². The number of ether oxygens (including phenoxy) is 1. The summed E-state index contributed by atoms with van der Waals surface area (Å²) in [7, 11) is 0. The second-order valence-electron chi connectivity index (χ2n) is 17.6. The molecule has 0 aliphatic heterocycles. The first kappa shape index (κ1) is 56.3. The molecule has 0 heterocycles. The van der Waals surface area contributed by atoms with Crippen LogP contribution >= 0.6 is 0 Å². The summed E-state index contributed by atoms with van der Waals surface area (Å²) in [4.78, 5) is 26.0. The Balaban J connectivity index is 4.40. The molecule has 3 N–H and O–H groups in total. The first-order valence-corrected chi connectivity index (χ1v) is 25.6. The van der Waals surface area contributed by atoms with Crippen molar-refractivity contribution in [3.05, 3.63) is 24.3 Å². The van der Waals surface area contributed by atoms with Gasteiger partial charge in [-0.05, 0) is 57.8 Å². The van der Waals surface area contributed by atoms with E-state index in [0.29, 0.717) is 19.3 Å². The monoisotopic (exact) mass is 818 g/mol. The van der Waals surface area contributed by atoms with Crippen molar-refractivity contribution >= 4 is 11.9 Å². The third-order valence-corrected chi connectivity index (χ3v) is 11.8. The number of esters is 1. The molecule has 0 aromatic heterocycles. The number of rotatable bonds is 46. The van der Waals surface area contributed by atoms with Crippen molar-refractivity contribution in [1.82, 2.24) is 5.32 Å². The van der Waals surface area contributed by atoms with Crippen molar-refractivity contribution < 1.29 is 24.5 Å². The topological polar surface area (TPSA) is 95.9 Å². The van der Waals surface area contributed by atoms with Crippen LogP contribution in [0.15, 0.2) is 24.3 Å². The fraction of sp³-hybridized carbons (Fsp3) is 0.885. The molecule has 0 aromatic carbocycles. The molecule has 0 spiro atoms. The SMILES string of the molecule is CCCCC/C=C\C/C=C\CCCCCCCCCC(=O)OC(CCCCCCCCCC)CC(=O)NC(CO)C(O)CCCCCCCCCCCCCCCC. The number of nitrogens with one attached hydrogen (secondary N) is 1. The minimum absolute atomic E-state index is 0.0786. The number of allylic oxidation sites excluding steroid dienone is 4. The van der Waals surface area contributed by atoms with Crippen molar-refractivity contribution in [2.24, 2.45) is 0 Å². The maximum absolute atomic E-state index is 13.1. The second-order valence-corrected chi connectivity index (χ2v) is 17.6. The molecule has 0 aliphatic rings. The number of hydrogen-bond donors (Lipinski definition) is 3. The molecule has 58 heavy (non-hydrogen) atoms. The predicted octanol–water partition coefficient (Wildman–Crippen LogP) is 15.1. The molecule has 342 valence electrons. The molecule has 0 saturated carbocycles. The maximum Gasteiger partial charge on any atom is 0.306 e. The lowest BCUT2D eigenvalue weighted by Gasteiger charge is -2.24. The standard InChI is InChI=1S/C52H99NO5/c1-4-7-10-13-16-19-21-23-25-26-27-29-31-33-36-39-42-45-52(57)58-48(43-40-37-34-18-15-12-9-6-3)46-51(56)53-49(47-54)50(55)44-41-38-35-32-30-28-24-22-20-17-14-11-8-5-2/h16,19,23,25,48-50,54-55H,4-15,17-18,20-22,24,26-47H2,1-3H3,(H,53,56)/b19-16-,25-23-. The highest BCUT2D eigenvalue weighted by atomic mass is 16.5. The molecule has 3 atom stereocenters. The highest BCUT2D eigenvalue weighted by Gasteiger charge is 2.24. The van der Waals surface area contributed by atoms with Gasteiger partial charge in [0.15, 0.2) is 0 Å². The average molecular weight is 818 g/mol. The molecule has 0 aromatic rings. The van der Waals surface area contributed by atoms with Crippen LogP contribution in [0.2, 0.25) is 0 Å². The van der Waals surface area contributed by atoms with Gasteiger partial charge in [0.05, 0.1) is 25.2 Å². The zero-order chi connectivity index (χ0) is 42.4. The van der Waals surface area contributed by atoms with Gasteiger partial charge < -0.3 is 20.3 Å². The van der Waals surface area contributed by atoms with Crippen molar-refractivity contribution in [3.8, 4) is 0 Å². The Labute approximate surface area is 361 Å². The molecular weight excluding hydrogens is 719 g/mol. The molecule has 6 heteroatoms. The summed E-state index contributed by atoms with van der Waals surface area (Å²) in [5.41, 5.74) is 0. The second kappa shape index (κ2) is 46.4. The summed E-state index contributed by atoms with van der Waals surface area (Å²) in [5, 5.41) is 23.7. The van der Waals surface area contributed by atoms with E-state index in [2.05, 4.69) is 50.4 Å². The lowest BCUT2D eigenvalue weighted by atomic mass is 10.0. The zero-order valence-corrected chi connectivity index (χ0v) is 38.9. The van der Waals surface area contributed by atoms with E-state index in [1.165, 1.54) is 167 Å². The van der Waals surface area contributed by atoms with Crippen molar-refractivity contribution in [3.63, 3.8) is 0 Å². The van der Waals surface area contributed by atoms with Gasteiger partial charge in [0.2, 0.25) is 5.91 Å². The van der Waals surface area contributed by atoms with Gasteiger partial charge in [-0.1, -0.05) is 225 Å². The number of carbonyl (C=O) groups is 2. The van der Waals surface area contributed by atoms with Crippen molar-refractivity contribution in [2.45, 2.75) is 289 Å². The summed E-state index contributed by atoms with van der Waals surface area (Å²) in [6, 6.07) is -0.697. The van der Waals surface area contributed by atoms with E-state index in [-0.39, 0.29) is 24.9 Å². The molecular formula is C52H99NO5. The summed E-state index contributed by atoms with van der Waals surface area (Å²) >= 11 is 0. The third-order valence-electron chi connectivity index (χ3n) is 11.8. The largest absolute Gasteiger partial charge is 0.462 e. The number of unbranched alkanes of at least 4 members (excludes halogenated alkanes) is 30. The van der Waals surface area contributed by atoms with Crippen molar-refractivity contribution in [2.75, 3.05) is 6.61 Å². The van der Waals surface area contributed by atoms with Gasteiger partial charge in [-0.3, -0.25) is 9.59 Å². The van der Waals surface area contributed by atoms with Gasteiger partial charge in [0.1, 0.15) is 6.10 Å². The first-order chi connectivity index (χ1) is 28.5. The Kier molecular flexibility index (Phi) is 45.1. The Hall–Kier alpha value is -1.66. The van der Waals surface area contributed by atoms with Crippen LogP contribution in [-0.4, -0.2) is 46.9 Å². The Morgan fingerprint density at radius 2 is 0.879 bits per heavy atom. The molecule has 0 radical (unpaired) electrons. The van der Waals surface area contributed by atoms with Crippen LogP contribution in [0.3, 0.4) is 0 Å². The van der Waals surface area contributed by atoms with Crippen LogP contribution < -0.4 is 5.32 Å². The smallest absolute Gasteiger partial charge is 0.306 e. The van der Waals surface area contributed by atoms with Crippen LogP contribution in [0.4, 0.5) is 0 Å². The Morgan fingerprint density at radius 3 is 1.34 bits per heavy atom. The van der Waals surface area contributed by atoms with Crippen LogP contribution in [0.25, 0.3) is 0 Å². The molecule has 3 unspecified atom stereocenters. The van der Waals surface area contributed by atoms with Gasteiger partial charge in [-0.2, -0.15) is 0 Å². The van der Waals surface area contributed by atoms with Crippen molar-refractivity contribution in [1.29, 1.82) is 0 Å². The van der Waals surface area contributed by atoms with E-state index in [4.69, 9.17) is 4.74 Å². The van der Waals surface area contributed by atoms with Crippen LogP contribution in [0, 0.1) is 0 Å². The van der Waals surface area contributed by atoms with E-state index in [9.17, 15) is 19.8 Å². The van der Waals surface area contributed by atoms with Gasteiger partial charge in [-0.15, -0.1) is 0 Å². The van der Waals surface area contributed by atoms with E-state index >= 15 is 0 Å². The lowest BCUT2D eigenvalue weighted by Crippen LogP contribution is -2.46. The van der Waals surface area contributed by atoms with Crippen LogP contribution in [-0.2, 0) is 14.3 Å². The molecule has 0 aliphatic carbocycles. The van der Waals surface area contributed by atoms with Gasteiger partial charge in [-0.25, -0.2) is 0 Å². The minimum atomic E-state index is -0.783. The van der Waals surface area contributed by atoms with Gasteiger partial charge in [0, 0.05) is 6.42 Å². The fourth-order valence-electron chi connectivity index (χ4n) is 7.87. The zero-order valence-electron chi connectivity index (χ0n) is 38.9. The predicted molar refractivity (Wildman–Crippen MR) is 250 cm³/mol. The highest BCUT2D eigenvalue weighted by Crippen LogP contribution is 2.18. The average Bonchev–Trinajstić information content (AvgIpc) is 3.22. The number of amides is 1. The molecule has 0 fully saturated rings. The summed E-state index contributed by atoms with van der Waals surface area (Å²) in [6.07, 6.45) is 52.4. The molecule has 0 saturated heterocycles.